The molecule has 0 saturated heterocycles. The molecule has 1 amide bonds. The summed E-state index contributed by atoms with van der Waals surface area (Å²) in [6.45, 7) is -1.70. The first-order chi connectivity index (χ1) is 9.02. The van der Waals surface area contributed by atoms with Crippen molar-refractivity contribution in [3.05, 3.63) is 30.2 Å². The van der Waals surface area contributed by atoms with Gasteiger partial charge < -0.3 is 20.0 Å². The van der Waals surface area contributed by atoms with Gasteiger partial charge in [-0.2, -0.15) is 0 Å². The number of rotatable bonds is 5. The van der Waals surface area contributed by atoms with Crippen LogP contribution in [0, 0.1) is 0 Å². The van der Waals surface area contributed by atoms with Crippen LogP contribution in [0.3, 0.4) is 0 Å². The van der Waals surface area contributed by atoms with Crippen molar-refractivity contribution in [1.29, 1.82) is 0 Å². The van der Waals surface area contributed by atoms with Crippen molar-refractivity contribution in [2.24, 2.45) is 5.73 Å². The zero-order chi connectivity index (χ0) is 13.9. The van der Waals surface area contributed by atoms with Gasteiger partial charge in [0.05, 0.1) is 19.4 Å². The minimum absolute atomic E-state index is 0.112. The van der Waals surface area contributed by atoms with Crippen LogP contribution in [0.4, 0.5) is 8.78 Å². The lowest BCUT2D eigenvalue weighted by Crippen LogP contribution is -2.41. The van der Waals surface area contributed by atoms with Crippen molar-refractivity contribution < 1.29 is 22.5 Å². The Morgan fingerprint density at radius 1 is 1.47 bits per heavy atom. The normalized spacial score (nSPS) is 11.5. The van der Waals surface area contributed by atoms with E-state index in [-0.39, 0.29) is 11.5 Å². The van der Waals surface area contributed by atoms with Gasteiger partial charge in [-0.15, -0.1) is 0 Å². The topological polar surface area (TPSA) is 94.3 Å². The van der Waals surface area contributed by atoms with E-state index in [1.165, 1.54) is 12.3 Å². The Labute approximate surface area is 106 Å². The molecule has 2 heterocycles. The number of hydrogen-bond acceptors (Lipinski definition) is 5. The number of nitrogens with one attached hydrogen (secondary N) is 1. The highest BCUT2D eigenvalue weighted by atomic mass is 19.3. The number of nitrogens with two attached hydrogens (primary N) is 1. The van der Waals surface area contributed by atoms with E-state index in [1.54, 1.807) is 12.1 Å². The summed E-state index contributed by atoms with van der Waals surface area (Å²) in [4.78, 5) is 11.6. The van der Waals surface area contributed by atoms with Gasteiger partial charge in [-0.25, -0.2) is 8.78 Å². The van der Waals surface area contributed by atoms with E-state index >= 15 is 0 Å². The predicted molar refractivity (Wildman–Crippen MR) is 60.5 cm³/mol. The molecule has 0 radical (unpaired) electrons. The van der Waals surface area contributed by atoms with Crippen LogP contribution in [-0.2, 0) is 0 Å². The molecule has 0 aliphatic carbocycles. The molecule has 2 aromatic rings. The molecule has 3 N–H and O–H groups in total. The molecule has 6 nitrogen and oxygen atoms in total. The lowest BCUT2D eigenvalue weighted by molar-refractivity contribution is 0.0117. The quantitative estimate of drug-likeness (QED) is 0.853. The Balaban J connectivity index is 2.01. The molecule has 0 saturated carbocycles. The number of amides is 1. The number of aromatic nitrogens is 1. The second-order valence-electron chi connectivity index (χ2n) is 3.80. The maximum Gasteiger partial charge on any atom is 0.277 e. The summed E-state index contributed by atoms with van der Waals surface area (Å²) in [7, 11) is 0. The number of furan rings is 1. The molecule has 102 valence electrons. The number of alkyl halides is 2. The fourth-order valence-corrected chi connectivity index (χ4v) is 1.29. The number of nitrogens with zero attached hydrogens (tertiary/aromatic N) is 1. The van der Waals surface area contributed by atoms with Crippen LogP contribution in [0.5, 0.6) is 0 Å². The highest BCUT2D eigenvalue weighted by Gasteiger charge is 2.28. The third-order valence-corrected chi connectivity index (χ3v) is 2.31. The van der Waals surface area contributed by atoms with Crippen molar-refractivity contribution in [2.75, 3.05) is 13.1 Å². The van der Waals surface area contributed by atoms with Crippen LogP contribution in [-0.4, -0.2) is 30.1 Å². The molecule has 0 atom stereocenters. The minimum Gasteiger partial charge on any atom is -0.461 e. The van der Waals surface area contributed by atoms with Crippen molar-refractivity contribution in [1.82, 2.24) is 10.5 Å². The van der Waals surface area contributed by atoms with Crippen molar-refractivity contribution in [3.63, 3.8) is 0 Å². The molecule has 0 aromatic carbocycles. The predicted octanol–water partition coefficient (Wildman–Crippen LogP) is 1.26. The second kappa shape index (κ2) is 5.19. The Bertz CT molecular complexity index is 551. The monoisotopic (exact) mass is 271 g/mol. The van der Waals surface area contributed by atoms with Gasteiger partial charge in [0.25, 0.3) is 11.8 Å². The third kappa shape index (κ3) is 3.16. The third-order valence-electron chi connectivity index (χ3n) is 2.31. The first-order valence-electron chi connectivity index (χ1n) is 5.38. The minimum atomic E-state index is -3.15. The first-order valence-corrected chi connectivity index (χ1v) is 5.38. The van der Waals surface area contributed by atoms with Gasteiger partial charge in [-0.05, 0) is 12.1 Å². The second-order valence-corrected chi connectivity index (χ2v) is 3.80. The summed E-state index contributed by atoms with van der Waals surface area (Å²) in [5.41, 5.74) is 4.74. The van der Waals surface area contributed by atoms with Crippen molar-refractivity contribution in [2.45, 2.75) is 5.92 Å². The molecule has 2 aromatic heterocycles. The van der Waals surface area contributed by atoms with E-state index in [9.17, 15) is 13.6 Å². The average Bonchev–Trinajstić information content (AvgIpc) is 3.05. The van der Waals surface area contributed by atoms with Crippen LogP contribution in [0.25, 0.3) is 11.5 Å². The van der Waals surface area contributed by atoms with Gasteiger partial charge in [-0.3, -0.25) is 4.79 Å². The van der Waals surface area contributed by atoms with Crippen LogP contribution >= 0.6 is 0 Å². The molecule has 0 unspecified atom stereocenters. The first kappa shape index (κ1) is 13.2. The van der Waals surface area contributed by atoms with Gasteiger partial charge in [0.1, 0.15) is 0 Å². The van der Waals surface area contributed by atoms with Crippen LogP contribution < -0.4 is 11.1 Å². The van der Waals surface area contributed by atoms with E-state index in [1.807, 2.05) is 5.32 Å². The summed E-state index contributed by atoms with van der Waals surface area (Å²) in [5, 5.41) is 5.50. The lowest BCUT2D eigenvalue weighted by atomic mass is 10.3. The van der Waals surface area contributed by atoms with E-state index in [2.05, 4.69) is 5.16 Å². The Morgan fingerprint density at radius 2 is 2.26 bits per heavy atom. The SMILES string of the molecule is NCC(F)(F)CNC(=O)c1cc(-c2ccco2)on1. The summed E-state index contributed by atoms with van der Waals surface area (Å²) in [6.07, 6.45) is 1.43. The van der Waals surface area contributed by atoms with E-state index in [4.69, 9.17) is 14.7 Å². The summed E-state index contributed by atoms with van der Waals surface area (Å²) < 4.78 is 35.6. The summed E-state index contributed by atoms with van der Waals surface area (Å²) in [6, 6.07) is 4.55. The highest BCUT2D eigenvalue weighted by molar-refractivity contribution is 5.92. The molecule has 0 spiro atoms. The lowest BCUT2D eigenvalue weighted by Gasteiger charge is -2.13. The molecule has 2 rings (SSSR count). The standard InChI is InChI=1S/C11H11F2N3O3/c12-11(13,5-14)6-15-10(17)7-4-9(19-16-7)8-2-1-3-18-8/h1-4H,5-6,14H2,(H,15,17). The Kier molecular flexibility index (Phi) is 3.61. The van der Waals surface area contributed by atoms with E-state index < -0.39 is 24.9 Å². The molecule has 0 aliphatic rings. The van der Waals surface area contributed by atoms with Gasteiger partial charge in [0.2, 0.25) is 5.76 Å². The Hall–Kier alpha value is -2.22. The van der Waals surface area contributed by atoms with E-state index in [0.29, 0.717) is 5.76 Å². The van der Waals surface area contributed by atoms with Crippen molar-refractivity contribution >= 4 is 5.91 Å². The maximum atomic E-state index is 12.9. The Morgan fingerprint density at radius 3 is 2.89 bits per heavy atom. The smallest absolute Gasteiger partial charge is 0.277 e. The van der Waals surface area contributed by atoms with E-state index in [0.717, 1.165) is 0 Å². The summed E-state index contributed by atoms with van der Waals surface area (Å²) in [5.74, 6) is -3.29. The average molecular weight is 271 g/mol. The van der Waals surface area contributed by atoms with Gasteiger partial charge >= 0.3 is 0 Å². The van der Waals surface area contributed by atoms with Crippen LogP contribution in [0.1, 0.15) is 10.5 Å². The van der Waals surface area contributed by atoms with Crippen LogP contribution in [0.15, 0.2) is 33.4 Å². The molecular formula is C11H11F2N3O3. The highest BCUT2D eigenvalue weighted by Crippen LogP contribution is 2.20. The number of halogens is 2. The molecule has 0 aliphatic heterocycles. The molecular weight excluding hydrogens is 260 g/mol. The maximum absolute atomic E-state index is 12.9. The fraction of sp³-hybridized carbons (Fsp3) is 0.273. The molecule has 0 bridgehead atoms. The summed E-state index contributed by atoms with van der Waals surface area (Å²) >= 11 is 0. The number of carbonyl (C=O) groups excluding carboxylic acids is 1. The fourth-order valence-electron chi connectivity index (χ4n) is 1.29. The molecule has 19 heavy (non-hydrogen) atoms. The molecule has 8 heteroatoms. The van der Waals surface area contributed by atoms with Crippen molar-refractivity contribution in [3.8, 4) is 11.5 Å². The molecule has 0 fully saturated rings. The van der Waals surface area contributed by atoms with Gasteiger partial charge in [0, 0.05) is 6.07 Å². The van der Waals surface area contributed by atoms with Crippen LogP contribution in [0.2, 0.25) is 0 Å². The van der Waals surface area contributed by atoms with Gasteiger partial charge in [-0.1, -0.05) is 5.16 Å². The van der Waals surface area contributed by atoms with Gasteiger partial charge in [0.15, 0.2) is 11.5 Å². The largest absolute Gasteiger partial charge is 0.461 e. The zero-order valence-electron chi connectivity index (χ0n) is 9.73. The number of hydrogen-bond donors (Lipinski definition) is 2. The zero-order valence-corrected chi connectivity index (χ0v) is 9.73. The number of carbonyl (C=O) groups is 1.